The molecule has 0 amide bonds. The fraction of sp³-hybridized carbons (Fsp3) is 0.875. The van der Waals surface area contributed by atoms with Crippen LogP contribution in [0.25, 0.3) is 0 Å². The Kier molecular flexibility index (Phi) is 6.50. The maximum atomic E-state index is 12.0. The first-order valence-corrected chi connectivity index (χ1v) is 7.72. The third-order valence-electron chi connectivity index (χ3n) is 3.84. The molecule has 0 atom stereocenters. The molecule has 0 unspecified atom stereocenters. The summed E-state index contributed by atoms with van der Waals surface area (Å²) in [6.45, 7) is 5.71. The molecular weight excluding hydrogens is 256 g/mol. The van der Waals surface area contributed by atoms with Crippen LogP contribution in [0.4, 0.5) is 0 Å². The van der Waals surface area contributed by atoms with Gasteiger partial charge in [-0.05, 0) is 58.8 Å². The van der Waals surface area contributed by atoms with Crippen molar-refractivity contribution in [3.05, 3.63) is 0 Å². The Balaban J connectivity index is 2.19. The molecule has 1 saturated carbocycles. The van der Waals surface area contributed by atoms with Crippen LogP contribution in [-0.2, 0) is 14.3 Å². The lowest BCUT2D eigenvalue weighted by Gasteiger charge is -2.29. The summed E-state index contributed by atoms with van der Waals surface area (Å²) >= 11 is 0. The Hall–Kier alpha value is -1.06. The lowest BCUT2D eigenvalue weighted by atomic mass is 9.79. The molecule has 0 aromatic heterocycles. The van der Waals surface area contributed by atoms with Crippen LogP contribution in [-0.4, -0.2) is 22.6 Å². The molecule has 1 aliphatic rings. The fourth-order valence-electron chi connectivity index (χ4n) is 2.78. The second kappa shape index (κ2) is 7.65. The Labute approximate surface area is 121 Å². The van der Waals surface area contributed by atoms with Gasteiger partial charge in [0.1, 0.15) is 5.60 Å². The van der Waals surface area contributed by atoms with Crippen LogP contribution in [0.5, 0.6) is 0 Å². The third kappa shape index (κ3) is 6.92. The first-order valence-electron chi connectivity index (χ1n) is 7.72. The number of carbonyl (C=O) groups is 2. The molecule has 0 bridgehead atoms. The predicted molar refractivity (Wildman–Crippen MR) is 77.4 cm³/mol. The third-order valence-corrected chi connectivity index (χ3v) is 3.84. The normalized spacial score (nSPS) is 23.4. The van der Waals surface area contributed by atoms with Crippen molar-refractivity contribution in [2.24, 2.45) is 11.8 Å². The zero-order valence-corrected chi connectivity index (χ0v) is 13.0. The summed E-state index contributed by atoms with van der Waals surface area (Å²) in [4.78, 5) is 22.4. The SMILES string of the molecule is CC(C)(C)OC(=O)C1CCC(CCCCC(=O)O)CC1. The Morgan fingerprint density at radius 3 is 2.20 bits per heavy atom. The summed E-state index contributed by atoms with van der Waals surface area (Å²) < 4.78 is 5.43. The molecule has 1 fully saturated rings. The monoisotopic (exact) mass is 284 g/mol. The van der Waals surface area contributed by atoms with Crippen molar-refractivity contribution < 1.29 is 19.4 Å². The van der Waals surface area contributed by atoms with Crippen molar-refractivity contribution in [2.75, 3.05) is 0 Å². The average molecular weight is 284 g/mol. The summed E-state index contributed by atoms with van der Waals surface area (Å²) in [6, 6.07) is 0. The quantitative estimate of drug-likeness (QED) is 0.595. The van der Waals surface area contributed by atoms with Gasteiger partial charge in [0.05, 0.1) is 5.92 Å². The number of carboxylic acid groups (broad SMARTS) is 1. The molecule has 0 aromatic rings. The van der Waals surface area contributed by atoms with Crippen molar-refractivity contribution >= 4 is 11.9 Å². The molecule has 1 N–H and O–H groups in total. The Bertz CT molecular complexity index is 322. The molecule has 0 spiro atoms. The zero-order valence-electron chi connectivity index (χ0n) is 13.0. The highest BCUT2D eigenvalue weighted by Crippen LogP contribution is 2.33. The van der Waals surface area contributed by atoms with Gasteiger partial charge in [0.2, 0.25) is 0 Å². The number of aliphatic carboxylic acids is 1. The number of carboxylic acids is 1. The number of esters is 1. The average Bonchev–Trinajstić information content (AvgIpc) is 2.33. The Morgan fingerprint density at radius 1 is 1.10 bits per heavy atom. The van der Waals surface area contributed by atoms with E-state index in [2.05, 4.69) is 0 Å². The van der Waals surface area contributed by atoms with Crippen LogP contribution < -0.4 is 0 Å². The van der Waals surface area contributed by atoms with Crippen LogP contribution in [0.2, 0.25) is 0 Å². The van der Waals surface area contributed by atoms with E-state index >= 15 is 0 Å². The van der Waals surface area contributed by atoms with E-state index in [-0.39, 0.29) is 18.3 Å². The van der Waals surface area contributed by atoms with Crippen LogP contribution in [0.15, 0.2) is 0 Å². The largest absolute Gasteiger partial charge is 0.481 e. The van der Waals surface area contributed by atoms with E-state index < -0.39 is 11.6 Å². The van der Waals surface area contributed by atoms with E-state index in [1.54, 1.807) is 0 Å². The molecule has 20 heavy (non-hydrogen) atoms. The van der Waals surface area contributed by atoms with Gasteiger partial charge in [0, 0.05) is 6.42 Å². The molecule has 0 radical (unpaired) electrons. The first kappa shape index (κ1) is 17.0. The summed E-state index contributed by atoms with van der Waals surface area (Å²) in [5.41, 5.74) is -0.398. The predicted octanol–water partition coefficient (Wildman–Crippen LogP) is 3.78. The number of unbranched alkanes of at least 4 members (excludes halogenated alkanes) is 1. The van der Waals surface area contributed by atoms with Crippen molar-refractivity contribution in [3.8, 4) is 0 Å². The van der Waals surface area contributed by atoms with E-state index in [1.807, 2.05) is 20.8 Å². The van der Waals surface area contributed by atoms with Gasteiger partial charge in [-0.2, -0.15) is 0 Å². The molecule has 4 nitrogen and oxygen atoms in total. The molecule has 0 saturated heterocycles. The van der Waals surface area contributed by atoms with Crippen LogP contribution >= 0.6 is 0 Å². The zero-order chi connectivity index (χ0) is 15.2. The number of carbonyl (C=O) groups excluding carboxylic acids is 1. The molecular formula is C16H28O4. The smallest absolute Gasteiger partial charge is 0.309 e. The van der Waals surface area contributed by atoms with Gasteiger partial charge >= 0.3 is 11.9 Å². The minimum absolute atomic E-state index is 0.0539. The fourth-order valence-corrected chi connectivity index (χ4v) is 2.78. The van der Waals surface area contributed by atoms with Crippen molar-refractivity contribution in [2.45, 2.75) is 77.7 Å². The number of rotatable bonds is 6. The minimum Gasteiger partial charge on any atom is -0.481 e. The van der Waals surface area contributed by atoms with E-state index in [1.165, 1.54) is 0 Å². The maximum Gasteiger partial charge on any atom is 0.309 e. The van der Waals surface area contributed by atoms with Gasteiger partial charge < -0.3 is 9.84 Å². The molecule has 116 valence electrons. The summed E-state index contributed by atoms with van der Waals surface area (Å²) in [5, 5.41) is 8.59. The van der Waals surface area contributed by atoms with Crippen molar-refractivity contribution in [1.82, 2.24) is 0 Å². The standard InChI is InChI=1S/C16H28O4/c1-16(2,3)20-15(19)13-10-8-12(9-11-13)6-4-5-7-14(17)18/h12-13H,4-11H2,1-3H3,(H,17,18). The topological polar surface area (TPSA) is 63.6 Å². The summed E-state index contributed by atoms with van der Waals surface area (Å²) in [5.74, 6) is -0.0487. The van der Waals surface area contributed by atoms with Crippen LogP contribution in [0, 0.1) is 11.8 Å². The van der Waals surface area contributed by atoms with Crippen LogP contribution in [0.1, 0.15) is 72.1 Å². The highest BCUT2D eigenvalue weighted by atomic mass is 16.6. The molecule has 1 aliphatic carbocycles. The maximum absolute atomic E-state index is 12.0. The minimum atomic E-state index is -0.710. The van der Waals surface area contributed by atoms with E-state index in [0.717, 1.165) is 44.9 Å². The number of hydrogen-bond acceptors (Lipinski definition) is 3. The molecule has 0 heterocycles. The van der Waals surface area contributed by atoms with E-state index in [9.17, 15) is 9.59 Å². The Morgan fingerprint density at radius 2 is 1.70 bits per heavy atom. The van der Waals surface area contributed by atoms with Gasteiger partial charge in [-0.3, -0.25) is 9.59 Å². The second-order valence-electron chi connectivity index (χ2n) is 6.89. The highest BCUT2D eigenvalue weighted by Gasteiger charge is 2.29. The second-order valence-corrected chi connectivity index (χ2v) is 6.89. The molecule has 4 heteroatoms. The van der Waals surface area contributed by atoms with Gasteiger partial charge in [-0.15, -0.1) is 0 Å². The van der Waals surface area contributed by atoms with E-state index in [0.29, 0.717) is 5.92 Å². The molecule has 1 rings (SSSR count). The molecule has 0 aliphatic heterocycles. The highest BCUT2D eigenvalue weighted by molar-refractivity contribution is 5.72. The van der Waals surface area contributed by atoms with Gasteiger partial charge in [-0.25, -0.2) is 0 Å². The lowest BCUT2D eigenvalue weighted by Crippen LogP contribution is -2.31. The molecule has 0 aromatic carbocycles. The van der Waals surface area contributed by atoms with E-state index in [4.69, 9.17) is 9.84 Å². The van der Waals surface area contributed by atoms with Gasteiger partial charge in [0.15, 0.2) is 0 Å². The van der Waals surface area contributed by atoms with Gasteiger partial charge in [-0.1, -0.05) is 12.8 Å². The van der Waals surface area contributed by atoms with Gasteiger partial charge in [0.25, 0.3) is 0 Å². The number of hydrogen-bond donors (Lipinski definition) is 1. The number of ether oxygens (including phenoxy) is 1. The summed E-state index contributed by atoms with van der Waals surface area (Å²) in [6.07, 6.45) is 7.07. The van der Waals surface area contributed by atoms with Crippen molar-refractivity contribution in [1.29, 1.82) is 0 Å². The van der Waals surface area contributed by atoms with Crippen LogP contribution in [0.3, 0.4) is 0 Å². The lowest BCUT2D eigenvalue weighted by molar-refractivity contribution is -0.161. The van der Waals surface area contributed by atoms with Crippen molar-refractivity contribution in [3.63, 3.8) is 0 Å². The first-order chi connectivity index (χ1) is 9.28. The summed E-state index contributed by atoms with van der Waals surface area (Å²) in [7, 11) is 0.